The highest BCUT2D eigenvalue weighted by Gasteiger charge is 2.22. The highest BCUT2D eigenvalue weighted by Crippen LogP contribution is 2.40. The SMILES string of the molecule is COc1cc(/C=C/C(=O)N2CCN(Cc3ccc(OC)c(OC)c3OC)CC2)cc(OC)c1. The topological polar surface area (TPSA) is 69.7 Å². The van der Waals surface area contributed by atoms with Crippen molar-refractivity contribution < 1.29 is 28.5 Å². The maximum absolute atomic E-state index is 12.7. The first-order valence-corrected chi connectivity index (χ1v) is 10.7. The van der Waals surface area contributed by atoms with E-state index in [0.29, 0.717) is 48.4 Å². The first kappa shape index (κ1) is 24.3. The van der Waals surface area contributed by atoms with Crippen LogP contribution >= 0.6 is 0 Å². The normalized spacial score (nSPS) is 14.3. The Bertz CT molecular complexity index is 961. The predicted octanol–water partition coefficient (Wildman–Crippen LogP) is 3.09. The average Bonchev–Trinajstić information content (AvgIpc) is 2.86. The fraction of sp³-hybridized carbons (Fsp3) is 0.400. The number of hydrogen-bond acceptors (Lipinski definition) is 7. The number of amides is 1. The zero-order valence-electron chi connectivity index (χ0n) is 19.9. The van der Waals surface area contributed by atoms with E-state index in [1.807, 2.05) is 29.2 Å². The van der Waals surface area contributed by atoms with E-state index in [1.54, 1.807) is 53.8 Å². The molecule has 0 N–H and O–H groups in total. The molecule has 1 aliphatic heterocycles. The second-order valence-corrected chi connectivity index (χ2v) is 7.57. The van der Waals surface area contributed by atoms with E-state index in [2.05, 4.69) is 4.90 Å². The summed E-state index contributed by atoms with van der Waals surface area (Å²) in [4.78, 5) is 16.9. The van der Waals surface area contributed by atoms with Gasteiger partial charge in [0.2, 0.25) is 11.7 Å². The van der Waals surface area contributed by atoms with Gasteiger partial charge in [0.15, 0.2) is 11.5 Å². The van der Waals surface area contributed by atoms with Crippen LogP contribution in [0.3, 0.4) is 0 Å². The maximum atomic E-state index is 12.7. The molecule has 3 rings (SSSR count). The molecule has 0 radical (unpaired) electrons. The Balaban J connectivity index is 1.60. The number of benzene rings is 2. The van der Waals surface area contributed by atoms with E-state index in [9.17, 15) is 4.79 Å². The summed E-state index contributed by atoms with van der Waals surface area (Å²) in [6, 6.07) is 9.39. The zero-order chi connectivity index (χ0) is 23.8. The lowest BCUT2D eigenvalue weighted by Gasteiger charge is -2.34. The van der Waals surface area contributed by atoms with Crippen molar-refractivity contribution >= 4 is 12.0 Å². The summed E-state index contributed by atoms with van der Waals surface area (Å²) in [7, 11) is 8.03. The van der Waals surface area contributed by atoms with Crippen LogP contribution in [-0.4, -0.2) is 77.4 Å². The summed E-state index contributed by atoms with van der Waals surface area (Å²) in [5, 5.41) is 0. The Morgan fingerprint density at radius 3 is 2.00 bits per heavy atom. The summed E-state index contributed by atoms with van der Waals surface area (Å²) in [5.41, 5.74) is 1.86. The van der Waals surface area contributed by atoms with Crippen LogP contribution in [0.1, 0.15) is 11.1 Å². The van der Waals surface area contributed by atoms with Gasteiger partial charge in [-0.15, -0.1) is 0 Å². The van der Waals surface area contributed by atoms with E-state index >= 15 is 0 Å². The number of hydrogen-bond donors (Lipinski definition) is 0. The van der Waals surface area contributed by atoms with Crippen LogP contribution in [0.4, 0.5) is 0 Å². The van der Waals surface area contributed by atoms with Crippen molar-refractivity contribution in [3.8, 4) is 28.7 Å². The number of nitrogens with zero attached hydrogens (tertiary/aromatic N) is 2. The predicted molar refractivity (Wildman–Crippen MR) is 127 cm³/mol. The van der Waals surface area contributed by atoms with Gasteiger partial charge in [0.25, 0.3) is 0 Å². The monoisotopic (exact) mass is 456 g/mol. The lowest BCUT2D eigenvalue weighted by Crippen LogP contribution is -2.47. The standard InChI is InChI=1S/C25H32N2O6/c1-29-20-14-18(15-21(16-20)30-2)6-9-23(28)27-12-10-26(11-13-27)17-19-7-8-22(31-3)25(33-5)24(19)32-4/h6-9,14-16H,10-13,17H2,1-5H3/b9-6+. The largest absolute Gasteiger partial charge is 0.497 e. The molecule has 2 aromatic rings. The fourth-order valence-electron chi connectivity index (χ4n) is 3.85. The van der Waals surface area contributed by atoms with Gasteiger partial charge in [-0.2, -0.15) is 0 Å². The van der Waals surface area contributed by atoms with Gasteiger partial charge in [-0.3, -0.25) is 9.69 Å². The van der Waals surface area contributed by atoms with Crippen molar-refractivity contribution in [1.29, 1.82) is 0 Å². The molecule has 178 valence electrons. The van der Waals surface area contributed by atoms with E-state index in [0.717, 1.165) is 24.2 Å². The summed E-state index contributed by atoms with van der Waals surface area (Å²) >= 11 is 0. The van der Waals surface area contributed by atoms with Gasteiger partial charge in [0.1, 0.15) is 11.5 Å². The first-order valence-electron chi connectivity index (χ1n) is 10.7. The maximum Gasteiger partial charge on any atom is 0.246 e. The molecular formula is C25H32N2O6. The van der Waals surface area contributed by atoms with Gasteiger partial charge < -0.3 is 28.6 Å². The lowest BCUT2D eigenvalue weighted by molar-refractivity contribution is -0.127. The van der Waals surface area contributed by atoms with Crippen molar-refractivity contribution in [2.75, 3.05) is 61.7 Å². The van der Waals surface area contributed by atoms with Crippen molar-refractivity contribution in [2.45, 2.75) is 6.54 Å². The summed E-state index contributed by atoms with van der Waals surface area (Å²) in [6.07, 6.45) is 3.38. The average molecular weight is 457 g/mol. The van der Waals surface area contributed by atoms with Crippen LogP contribution < -0.4 is 23.7 Å². The molecule has 1 amide bonds. The summed E-state index contributed by atoms with van der Waals surface area (Å²) in [5.74, 6) is 3.24. The van der Waals surface area contributed by atoms with E-state index in [4.69, 9.17) is 23.7 Å². The molecule has 0 aromatic heterocycles. The zero-order valence-corrected chi connectivity index (χ0v) is 19.9. The second-order valence-electron chi connectivity index (χ2n) is 7.57. The minimum atomic E-state index is -0.0138. The molecule has 0 saturated carbocycles. The molecule has 1 heterocycles. The van der Waals surface area contributed by atoms with Crippen molar-refractivity contribution in [2.24, 2.45) is 0 Å². The van der Waals surface area contributed by atoms with Crippen LogP contribution in [0.5, 0.6) is 28.7 Å². The van der Waals surface area contributed by atoms with E-state index in [1.165, 1.54) is 0 Å². The fourth-order valence-corrected chi connectivity index (χ4v) is 3.85. The van der Waals surface area contributed by atoms with Gasteiger partial charge >= 0.3 is 0 Å². The molecular weight excluding hydrogens is 424 g/mol. The summed E-state index contributed by atoms with van der Waals surface area (Å²) < 4.78 is 27.0. The minimum Gasteiger partial charge on any atom is -0.497 e. The van der Waals surface area contributed by atoms with Gasteiger partial charge in [-0.25, -0.2) is 0 Å². The number of piperazine rings is 1. The van der Waals surface area contributed by atoms with E-state index < -0.39 is 0 Å². The van der Waals surface area contributed by atoms with Gasteiger partial charge in [0, 0.05) is 50.4 Å². The van der Waals surface area contributed by atoms with Crippen molar-refractivity contribution in [1.82, 2.24) is 9.80 Å². The molecule has 1 saturated heterocycles. The number of carbonyl (C=O) groups excluding carboxylic acids is 1. The third-order valence-electron chi connectivity index (χ3n) is 5.66. The van der Waals surface area contributed by atoms with Gasteiger partial charge in [0.05, 0.1) is 35.5 Å². The quantitative estimate of drug-likeness (QED) is 0.537. The van der Waals surface area contributed by atoms with Crippen molar-refractivity contribution in [3.63, 3.8) is 0 Å². The van der Waals surface area contributed by atoms with Gasteiger partial charge in [-0.05, 0) is 29.8 Å². The van der Waals surface area contributed by atoms with Crippen LogP contribution in [0, 0.1) is 0 Å². The second kappa shape index (κ2) is 11.5. The number of rotatable bonds is 9. The third kappa shape index (κ3) is 5.90. The minimum absolute atomic E-state index is 0.0138. The molecule has 0 bridgehead atoms. The first-order chi connectivity index (χ1) is 16.0. The molecule has 0 spiro atoms. The van der Waals surface area contributed by atoms with Gasteiger partial charge in [-0.1, -0.05) is 6.07 Å². The molecule has 8 heteroatoms. The molecule has 8 nitrogen and oxygen atoms in total. The van der Waals surface area contributed by atoms with Crippen LogP contribution in [0.15, 0.2) is 36.4 Å². The van der Waals surface area contributed by atoms with E-state index in [-0.39, 0.29) is 5.91 Å². The smallest absolute Gasteiger partial charge is 0.246 e. The molecule has 2 aromatic carbocycles. The van der Waals surface area contributed by atoms with Crippen LogP contribution in [-0.2, 0) is 11.3 Å². The number of ether oxygens (including phenoxy) is 5. The molecule has 0 unspecified atom stereocenters. The van der Waals surface area contributed by atoms with Crippen LogP contribution in [0.2, 0.25) is 0 Å². The molecule has 0 aliphatic carbocycles. The third-order valence-corrected chi connectivity index (χ3v) is 5.66. The Morgan fingerprint density at radius 2 is 1.45 bits per heavy atom. The Labute approximate surface area is 195 Å². The molecule has 33 heavy (non-hydrogen) atoms. The highest BCUT2D eigenvalue weighted by atomic mass is 16.5. The lowest BCUT2D eigenvalue weighted by atomic mass is 10.1. The molecule has 1 aliphatic rings. The molecule has 0 atom stereocenters. The Morgan fingerprint density at radius 1 is 0.818 bits per heavy atom. The Kier molecular flexibility index (Phi) is 8.43. The number of methoxy groups -OCH3 is 5. The Hall–Kier alpha value is -3.39. The summed E-state index contributed by atoms with van der Waals surface area (Å²) in [6.45, 7) is 3.54. The number of carbonyl (C=O) groups is 1. The highest BCUT2D eigenvalue weighted by molar-refractivity contribution is 5.92. The molecule has 1 fully saturated rings. The van der Waals surface area contributed by atoms with Crippen molar-refractivity contribution in [3.05, 3.63) is 47.5 Å². The van der Waals surface area contributed by atoms with Crippen LogP contribution in [0.25, 0.3) is 6.08 Å².